The zero-order valence-electron chi connectivity index (χ0n) is 8.54. The van der Waals surface area contributed by atoms with Gasteiger partial charge in [-0.05, 0) is 37.5 Å². The summed E-state index contributed by atoms with van der Waals surface area (Å²) in [5.74, 6) is 0. The summed E-state index contributed by atoms with van der Waals surface area (Å²) in [6.07, 6.45) is 3.64. The quantitative estimate of drug-likeness (QED) is 0.576. The highest BCUT2D eigenvalue weighted by Crippen LogP contribution is 2.27. The molecule has 0 saturated carbocycles. The summed E-state index contributed by atoms with van der Waals surface area (Å²) in [6.45, 7) is 16.9. The minimum absolute atomic E-state index is 0.241. The normalized spacial score (nSPS) is 13.6. The van der Waals surface area contributed by atoms with Crippen molar-refractivity contribution >= 4 is 0 Å². The third-order valence-electron chi connectivity index (χ3n) is 1.71. The van der Waals surface area contributed by atoms with Gasteiger partial charge in [0, 0.05) is 0 Å². The Balaban J connectivity index is 3.44. The highest BCUT2D eigenvalue weighted by Gasteiger charge is 2.14. The summed E-state index contributed by atoms with van der Waals surface area (Å²) in [7, 11) is 0. The van der Waals surface area contributed by atoms with Crippen LogP contribution in [0.3, 0.4) is 0 Å². The van der Waals surface area contributed by atoms with Crippen molar-refractivity contribution in [1.82, 2.24) is 0 Å². The van der Waals surface area contributed by atoms with Crippen LogP contribution in [0.1, 0.15) is 47.0 Å². The molecule has 0 nitrogen and oxygen atoms in total. The fourth-order valence-electron chi connectivity index (χ4n) is 1.05. The second-order valence-corrected chi connectivity index (χ2v) is 5.18. The lowest BCUT2D eigenvalue weighted by atomic mass is 9.84. The van der Waals surface area contributed by atoms with Crippen LogP contribution >= 0.6 is 0 Å². The molecule has 0 aromatic carbocycles. The van der Waals surface area contributed by atoms with E-state index in [9.17, 15) is 0 Å². The molecule has 0 aliphatic heterocycles. The van der Waals surface area contributed by atoms with E-state index in [0.29, 0.717) is 0 Å². The molecule has 0 heterocycles. The van der Waals surface area contributed by atoms with Crippen LogP contribution in [-0.4, -0.2) is 0 Å². The largest absolute Gasteiger partial charge is 0.0599 e. The van der Waals surface area contributed by atoms with Crippen molar-refractivity contribution in [3.8, 4) is 0 Å². The summed E-state index contributed by atoms with van der Waals surface area (Å²) in [5, 5.41) is 0. The lowest BCUT2D eigenvalue weighted by molar-refractivity contribution is 0.348. The van der Waals surface area contributed by atoms with E-state index in [0.717, 1.165) is 0 Å². The van der Waals surface area contributed by atoms with Crippen molar-refractivity contribution in [2.24, 2.45) is 10.8 Å². The predicted octanol–water partition coefficient (Wildman–Crippen LogP) is 3.88. The Morgan fingerprint density at radius 3 is 1.27 bits per heavy atom. The first-order valence-corrected chi connectivity index (χ1v) is 4.41. The maximum atomic E-state index is 4.07. The van der Waals surface area contributed by atoms with Crippen LogP contribution in [-0.2, 0) is 0 Å². The highest BCUT2D eigenvalue weighted by molar-refractivity contribution is 4.75. The van der Waals surface area contributed by atoms with Gasteiger partial charge in [0.15, 0.2) is 0 Å². The smallest absolute Gasteiger partial charge is 0.0354 e. The number of hydrogen-bond acceptors (Lipinski definition) is 0. The first kappa shape index (κ1) is 11.0. The van der Waals surface area contributed by atoms with Gasteiger partial charge in [-0.2, -0.15) is 0 Å². The zero-order valence-corrected chi connectivity index (χ0v) is 8.54. The van der Waals surface area contributed by atoms with Gasteiger partial charge >= 0.3 is 0 Å². The monoisotopic (exact) mass is 154 g/mol. The third-order valence-corrected chi connectivity index (χ3v) is 1.71. The SMILES string of the molecule is [CH2]C(C)(C)CCCC([CH2])(C)C. The van der Waals surface area contributed by atoms with Gasteiger partial charge < -0.3 is 0 Å². The van der Waals surface area contributed by atoms with Crippen LogP contribution in [0.2, 0.25) is 0 Å². The van der Waals surface area contributed by atoms with E-state index in [1.807, 2.05) is 0 Å². The van der Waals surface area contributed by atoms with Crippen LogP contribution in [0.25, 0.3) is 0 Å². The molecule has 0 amide bonds. The van der Waals surface area contributed by atoms with Gasteiger partial charge in [-0.1, -0.05) is 34.1 Å². The predicted molar refractivity (Wildman–Crippen MR) is 52.1 cm³/mol. The molecular formula is C11H22. The van der Waals surface area contributed by atoms with Gasteiger partial charge in [0.1, 0.15) is 0 Å². The van der Waals surface area contributed by atoms with E-state index in [1.54, 1.807) is 0 Å². The molecule has 0 aliphatic carbocycles. The van der Waals surface area contributed by atoms with Crippen molar-refractivity contribution in [1.29, 1.82) is 0 Å². The fourth-order valence-corrected chi connectivity index (χ4v) is 1.05. The van der Waals surface area contributed by atoms with Gasteiger partial charge in [-0.3, -0.25) is 0 Å². The molecule has 0 aromatic rings. The van der Waals surface area contributed by atoms with Gasteiger partial charge in [0.25, 0.3) is 0 Å². The molecule has 0 unspecified atom stereocenters. The van der Waals surface area contributed by atoms with Crippen LogP contribution in [0, 0.1) is 24.7 Å². The Bertz CT molecular complexity index is 84.2. The van der Waals surface area contributed by atoms with E-state index < -0.39 is 0 Å². The average Bonchev–Trinajstić information content (AvgIpc) is 1.55. The Morgan fingerprint density at radius 2 is 1.09 bits per heavy atom. The van der Waals surface area contributed by atoms with Crippen molar-refractivity contribution in [2.75, 3.05) is 0 Å². The van der Waals surface area contributed by atoms with Crippen molar-refractivity contribution in [2.45, 2.75) is 47.0 Å². The van der Waals surface area contributed by atoms with Gasteiger partial charge in [0.2, 0.25) is 0 Å². The molecule has 0 fully saturated rings. The molecule has 0 bridgehead atoms. The minimum Gasteiger partial charge on any atom is -0.0599 e. The van der Waals surface area contributed by atoms with Crippen LogP contribution in [0.15, 0.2) is 0 Å². The van der Waals surface area contributed by atoms with Crippen LogP contribution in [0.5, 0.6) is 0 Å². The molecule has 0 heteroatoms. The molecule has 0 N–H and O–H groups in total. The van der Waals surface area contributed by atoms with Crippen molar-refractivity contribution in [3.05, 3.63) is 13.8 Å². The van der Waals surface area contributed by atoms with E-state index in [1.165, 1.54) is 19.3 Å². The second kappa shape index (κ2) is 3.60. The Kier molecular flexibility index (Phi) is 3.60. The second-order valence-electron chi connectivity index (χ2n) is 5.18. The molecular weight excluding hydrogens is 132 g/mol. The molecule has 0 aromatic heterocycles. The Hall–Kier alpha value is 0. The zero-order chi connectivity index (χ0) is 9.12. The topological polar surface area (TPSA) is 0 Å². The van der Waals surface area contributed by atoms with E-state index in [-0.39, 0.29) is 10.8 Å². The molecule has 66 valence electrons. The van der Waals surface area contributed by atoms with Crippen LogP contribution < -0.4 is 0 Å². The summed E-state index contributed by atoms with van der Waals surface area (Å²) in [6, 6.07) is 0. The first-order valence-electron chi connectivity index (χ1n) is 4.41. The molecule has 0 atom stereocenters. The summed E-state index contributed by atoms with van der Waals surface area (Å²) in [4.78, 5) is 0. The summed E-state index contributed by atoms with van der Waals surface area (Å²) in [5.41, 5.74) is 0.483. The van der Waals surface area contributed by atoms with E-state index in [4.69, 9.17) is 0 Å². The Morgan fingerprint density at radius 1 is 0.818 bits per heavy atom. The van der Waals surface area contributed by atoms with Crippen molar-refractivity contribution in [3.63, 3.8) is 0 Å². The van der Waals surface area contributed by atoms with Gasteiger partial charge in [-0.15, -0.1) is 0 Å². The maximum Gasteiger partial charge on any atom is -0.0354 e. The first-order chi connectivity index (χ1) is 4.71. The standard InChI is InChI=1S/C11H22/c1-10(2,3)8-7-9-11(4,5)6/h1,4,7-9H2,2-3,5-6H3. The maximum absolute atomic E-state index is 4.07. The lowest BCUT2D eigenvalue weighted by Gasteiger charge is -2.22. The van der Waals surface area contributed by atoms with Crippen LogP contribution in [0.4, 0.5) is 0 Å². The molecule has 2 radical (unpaired) electrons. The van der Waals surface area contributed by atoms with Gasteiger partial charge in [0.05, 0.1) is 0 Å². The fraction of sp³-hybridized carbons (Fsp3) is 0.818. The van der Waals surface area contributed by atoms with Crippen molar-refractivity contribution < 1.29 is 0 Å². The lowest BCUT2D eigenvalue weighted by Crippen LogP contribution is -2.09. The molecule has 0 aliphatic rings. The number of rotatable bonds is 4. The summed E-state index contributed by atoms with van der Waals surface area (Å²) >= 11 is 0. The summed E-state index contributed by atoms with van der Waals surface area (Å²) < 4.78 is 0. The minimum atomic E-state index is 0.241. The van der Waals surface area contributed by atoms with E-state index in [2.05, 4.69) is 41.5 Å². The molecule has 0 spiro atoms. The number of hydrogen-bond donors (Lipinski definition) is 0. The Labute approximate surface area is 72.4 Å². The van der Waals surface area contributed by atoms with E-state index >= 15 is 0 Å². The van der Waals surface area contributed by atoms with Gasteiger partial charge in [-0.25, -0.2) is 0 Å². The molecule has 0 rings (SSSR count). The molecule has 11 heavy (non-hydrogen) atoms. The average molecular weight is 154 g/mol. The highest BCUT2D eigenvalue weighted by atomic mass is 14.2. The molecule has 0 saturated heterocycles. The third kappa shape index (κ3) is 10.0.